The fraction of sp³-hybridized carbons (Fsp3) is 0.385. The number of alkyl halides is 3. The third kappa shape index (κ3) is 5.19. The van der Waals surface area contributed by atoms with Gasteiger partial charge in [0.1, 0.15) is 0 Å². The maximum atomic E-state index is 12.6. The molecule has 0 aromatic heterocycles. The fourth-order valence-electron chi connectivity index (χ4n) is 1.53. The van der Waals surface area contributed by atoms with Crippen LogP contribution in [0.4, 0.5) is 18.9 Å². The average Bonchev–Trinajstić information content (AvgIpc) is 2.39. The smallest absolute Gasteiger partial charge is 0.396 e. The summed E-state index contributed by atoms with van der Waals surface area (Å²) in [7, 11) is 0. The van der Waals surface area contributed by atoms with Crippen molar-refractivity contribution in [3.8, 4) is 0 Å². The van der Waals surface area contributed by atoms with Gasteiger partial charge in [0.15, 0.2) is 0 Å². The number of benzene rings is 1. The van der Waals surface area contributed by atoms with E-state index < -0.39 is 29.6 Å². The molecule has 5 nitrogen and oxygen atoms in total. The molecule has 3 N–H and O–H groups in total. The first-order valence-corrected chi connectivity index (χ1v) is 6.62. The van der Waals surface area contributed by atoms with E-state index in [-0.39, 0.29) is 23.7 Å². The lowest BCUT2D eigenvalue weighted by molar-refractivity contribution is -0.137. The van der Waals surface area contributed by atoms with Crippen molar-refractivity contribution in [1.29, 1.82) is 0 Å². The van der Waals surface area contributed by atoms with Crippen molar-refractivity contribution >= 4 is 29.1 Å². The van der Waals surface area contributed by atoms with E-state index in [9.17, 15) is 22.8 Å². The number of amides is 2. The fourth-order valence-corrected chi connectivity index (χ4v) is 1.70. The van der Waals surface area contributed by atoms with E-state index >= 15 is 0 Å². The van der Waals surface area contributed by atoms with Crippen LogP contribution in [0.5, 0.6) is 0 Å². The summed E-state index contributed by atoms with van der Waals surface area (Å²) < 4.78 is 37.8. The van der Waals surface area contributed by atoms with Crippen LogP contribution in [0.15, 0.2) is 18.2 Å². The van der Waals surface area contributed by atoms with Crippen molar-refractivity contribution < 1.29 is 27.9 Å². The van der Waals surface area contributed by atoms with E-state index in [1.165, 1.54) is 0 Å². The second-order valence-corrected chi connectivity index (χ2v) is 4.94. The van der Waals surface area contributed by atoms with E-state index in [0.717, 1.165) is 12.1 Å². The van der Waals surface area contributed by atoms with Gasteiger partial charge in [0.25, 0.3) is 0 Å². The third-order valence-corrected chi connectivity index (χ3v) is 3.02. The molecule has 0 aliphatic rings. The number of carbonyl (C=O) groups is 2. The zero-order valence-electron chi connectivity index (χ0n) is 11.5. The highest BCUT2D eigenvalue weighted by Crippen LogP contribution is 2.33. The van der Waals surface area contributed by atoms with Crippen LogP contribution in [-0.2, 0) is 15.8 Å². The molecule has 1 aromatic carbocycles. The Balaban J connectivity index is 2.81. The van der Waals surface area contributed by atoms with Crippen molar-refractivity contribution in [3.05, 3.63) is 28.8 Å². The Hall–Kier alpha value is -1.80. The number of nitrogens with one attached hydrogen (secondary N) is 2. The van der Waals surface area contributed by atoms with E-state index in [2.05, 4.69) is 5.32 Å². The monoisotopic (exact) mass is 338 g/mol. The summed E-state index contributed by atoms with van der Waals surface area (Å²) in [6, 6.07) is 1.93. The molecule has 0 aliphatic heterocycles. The number of rotatable bonds is 4. The first-order valence-electron chi connectivity index (χ1n) is 6.24. The summed E-state index contributed by atoms with van der Waals surface area (Å²) in [6.45, 7) is 1.39. The Morgan fingerprint density at radius 2 is 1.95 bits per heavy atom. The van der Waals surface area contributed by atoms with Crippen LogP contribution in [0.25, 0.3) is 0 Å². The highest BCUT2D eigenvalue weighted by Gasteiger charge is 2.31. The van der Waals surface area contributed by atoms with Gasteiger partial charge < -0.3 is 15.7 Å². The molecule has 0 spiro atoms. The molecule has 9 heteroatoms. The van der Waals surface area contributed by atoms with Crippen molar-refractivity contribution in [2.24, 2.45) is 0 Å². The van der Waals surface area contributed by atoms with Gasteiger partial charge in [0.2, 0.25) is 0 Å². The van der Waals surface area contributed by atoms with E-state index in [0.29, 0.717) is 6.07 Å². The lowest BCUT2D eigenvalue weighted by atomic mass is 10.2. The second kappa shape index (κ2) is 7.46. The van der Waals surface area contributed by atoms with Gasteiger partial charge in [-0.05, 0) is 31.5 Å². The lowest BCUT2D eigenvalue weighted by Gasteiger charge is -2.14. The van der Waals surface area contributed by atoms with E-state index in [1.54, 1.807) is 6.92 Å². The minimum atomic E-state index is -4.60. The molecule has 0 fully saturated rings. The Morgan fingerprint density at radius 3 is 2.50 bits per heavy atom. The second-order valence-electron chi connectivity index (χ2n) is 4.53. The zero-order chi connectivity index (χ0) is 16.9. The minimum absolute atomic E-state index is 0.127. The molecule has 2 amide bonds. The molecule has 22 heavy (non-hydrogen) atoms. The highest BCUT2D eigenvalue weighted by molar-refractivity contribution is 6.41. The molecule has 0 radical (unpaired) electrons. The predicted molar refractivity (Wildman–Crippen MR) is 74.4 cm³/mol. The molecular weight excluding hydrogens is 325 g/mol. The Morgan fingerprint density at radius 1 is 1.32 bits per heavy atom. The van der Waals surface area contributed by atoms with Gasteiger partial charge in [-0.3, -0.25) is 9.59 Å². The van der Waals surface area contributed by atoms with Gasteiger partial charge in [-0.25, -0.2) is 0 Å². The maximum absolute atomic E-state index is 12.6. The van der Waals surface area contributed by atoms with Crippen LogP contribution in [0.1, 0.15) is 18.9 Å². The quantitative estimate of drug-likeness (QED) is 0.736. The Kier molecular flexibility index (Phi) is 6.19. The number of anilines is 1. The number of hydrogen-bond donors (Lipinski definition) is 3. The van der Waals surface area contributed by atoms with E-state index in [1.807, 2.05) is 5.32 Å². The molecular formula is C13H14ClF3N2O3. The summed E-state index contributed by atoms with van der Waals surface area (Å²) in [5.74, 6) is -2.18. The van der Waals surface area contributed by atoms with Crippen LogP contribution in [0.3, 0.4) is 0 Å². The van der Waals surface area contributed by atoms with Crippen molar-refractivity contribution in [3.63, 3.8) is 0 Å². The minimum Gasteiger partial charge on any atom is -0.396 e. The van der Waals surface area contributed by atoms with Crippen LogP contribution >= 0.6 is 11.6 Å². The molecule has 0 bridgehead atoms. The summed E-state index contributed by atoms with van der Waals surface area (Å²) in [6.07, 6.45) is -4.36. The summed E-state index contributed by atoms with van der Waals surface area (Å²) >= 11 is 5.70. The molecule has 0 aliphatic carbocycles. The van der Waals surface area contributed by atoms with Gasteiger partial charge in [-0.15, -0.1) is 0 Å². The zero-order valence-corrected chi connectivity index (χ0v) is 12.3. The summed E-state index contributed by atoms with van der Waals surface area (Å²) in [4.78, 5) is 23.2. The number of hydrogen-bond acceptors (Lipinski definition) is 3. The van der Waals surface area contributed by atoms with Gasteiger partial charge in [0, 0.05) is 12.6 Å². The van der Waals surface area contributed by atoms with Gasteiger partial charge in [-0.1, -0.05) is 11.6 Å². The lowest BCUT2D eigenvalue weighted by Crippen LogP contribution is -2.40. The molecule has 1 aromatic rings. The average molecular weight is 339 g/mol. The molecule has 1 rings (SSSR count). The third-order valence-electron chi connectivity index (χ3n) is 2.69. The van der Waals surface area contributed by atoms with Gasteiger partial charge >= 0.3 is 18.0 Å². The maximum Gasteiger partial charge on any atom is 0.416 e. The molecule has 0 saturated heterocycles. The molecule has 0 heterocycles. The van der Waals surface area contributed by atoms with Crippen LogP contribution in [0, 0.1) is 0 Å². The van der Waals surface area contributed by atoms with E-state index in [4.69, 9.17) is 16.7 Å². The van der Waals surface area contributed by atoms with Crippen molar-refractivity contribution in [2.45, 2.75) is 25.6 Å². The predicted octanol–water partition coefficient (Wildman–Crippen LogP) is 2.18. The molecule has 122 valence electrons. The molecule has 0 saturated carbocycles. The first kappa shape index (κ1) is 18.2. The number of aliphatic hydroxyl groups excluding tert-OH is 1. The first-order chi connectivity index (χ1) is 10.1. The van der Waals surface area contributed by atoms with Crippen molar-refractivity contribution in [2.75, 3.05) is 11.9 Å². The van der Waals surface area contributed by atoms with Crippen LogP contribution in [0.2, 0.25) is 5.02 Å². The number of aliphatic hydroxyl groups is 1. The van der Waals surface area contributed by atoms with Gasteiger partial charge in [-0.2, -0.15) is 13.2 Å². The number of carbonyl (C=O) groups excluding carboxylic acids is 2. The highest BCUT2D eigenvalue weighted by atomic mass is 35.5. The Bertz CT molecular complexity index is 564. The van der Waals surface area contributed by atoms with Gasteiger partial charge in [0.05, 0.1) is 16.3 Å². The number of halogens is 4. The standard InChI is InChI=1S/C13H14ClF3N2O3/c1-7(4-5-20)18-11(21)12(22)19-10-6-8(13(15,16)17)2-3-9(10)14/h2-3,6-7,20H,4-5H2,1H3,(H,18,21)(H,19,22)/t7-/m1/s1. The molecule has 0 unspecified atom stereocenters. The van der Waals surface area contributed by atoms with Crippen molar-refractivity contribution in [1.82, 2.24) is 5.32 Å². The summed E-state index contributed by atoms with van der Waals surface area (Å²) in [5.41, 5.74) is -1.31. The Labute approximate surface area is 129 Å². The van der Waals surface area contributed by atoms with Crippen LogP contribution in [-0.4, -0.2) is 29.6 Å². The SMILES string of the molecule is C[C@H](CCO)NC(=O)C(=O)Nc1cc(C(F)(F)F)ccc1Cl. The van der Waals surface area contributed by atoms with Crippen LogP contribution < -0.4 is 10.6 Å². The topological polar surface area (TPSA) is 78.4 Å². The normalized spacial score (nSPS) is 12.6. The largest absolute Gasteiger partial charge is 0.416 e. The summed E-state index contributed by atoms with van der Waals surface area (Å²) in [5, 5.41) is 12.9. The molecule has 1 atom stereocenters.